The summed E-state index contributed by atoms with van der Waals surface area (Å²) in [5.74, 6) is -0.222. The summed E-state index contributed by atoms with van der Waals surface area (Å²) in [6.45, 7) is 2.99. The molecule has 0 radical (unpaired) electrons. The molecule has 0 bridgehead atoms. The number of aromatic nitrogens is 2. The average molecular weight is 515 g/mol. The van der Waals surface area contributed by atoms with Gasteiger partial charge in [-0.3, -0.25) is 4.90 Å². The van der Waals surface area contributed by atoms with E-state index >= 15 is 0 Å². The van der Waals surface area contributed by atoms with Gasteiger partial charge in [0.2, 0.25) is 0 Å². The van der Waals surface area contributed by atoms with E-state index in [1.165, 1.54) is 18.1 Å². The van der Waals surface area contributed by atoms with Crippen LogP contribution in [-0.4, -0.2) is 65.9 Å². The second-order valence-electron chi connectivity index (χ2n) is 10.1. The van der Waals surface area contributed by atoms with Crippen LogP contribution >= 0.6 is 0 Å². The third kappa shape index (κ3) is 5.17. The average Bonchev–Trinajstić information content (AvgIpc) is 3.40. The highest BCUT2D eigenvalue weighted by molar-refractivity contribution is 7.89. The predicted octanol–water partition coefficient (Wildman–Crippen LogP) is 2.23. The van der Waals surface area contributed by atoms with Gasteiger partial charge in [0.25, 0.3) is 10.0 Å². The number of aliphatic hydroxyl groups is 1. The molecule has 2 N–H and O–H groups in total. The van der Waals surface area contributed by atoms with E-state index < -0.39 is 21.4 Å². The van der Waals surface area contributed by atoms with Gasteiger partial charge in [0.15, 0.2) is 16.6 Å². The van der Waals surface area contributed by atoms with Crippen LogP contribution in [0, 0.1) is 5.82 Å². The molecule has 1 saturated heterocycles. The number of benzene rings is 2. The molecule has 1 aromatic heterocycles. The normalized spacial score (nSPS) is 21.2. The topological polar surface area (TPSA) is 96.7 Å². The zero-order valence-electron chi connectivity index (χ0n) is 20.4. The highest BCUT2D eigenvalue weighted by atomic mass is 32.2. The van der Waals surface area contributed by atoms with E-state index in [-0.39, 0.29) is 35.9 Å². The van der Waals surface area contributed by atoms with Gasteiger partial charge in [-0.2, -0.15) is 0 Å². The van der Waals surface area contributed by atoms with Gasteiger partial charge < -0.3 is 14.4 Å². The number of likely N-dealkylation sites (tertiary alicyclic amines) is 1. The number of imidazole rings is 1. The molecule has 0 amide bonds. The molecule has 2 heterocycles. The maximum Gasteiger partial charge on any atom is 0.259 e. The number of halogens is 1. The number of ether oxygens (including phenoxy) is 1. The lowest BCUT2D eigenvalue weighted by Crippen LogP contribution is -2.63. The molecule has 1 aliphatic carbocycles. The summed E-state index contributed by atoms with van der Waals surface area (Å²) in [7, 11) is -2.08. The molecule has 5 rings (SSSR count). The van der Waals surface area contributed by atoms with Crippen LogP contribution in [0.4, 0.5) is 4.39 Å². The van der Waals surface area contributed by atoms with Crippen molar-refractivity contribution in [3.8, 4) is 5.75 Å². The number of nitrogens with zero attached hydrogens (tertiary/aromatic N) is 3. The first kappa shape index (κ1) is 24.9. The van der Waals surface area contributed by atoms with Crippen molar-refractivity contribution < 1.29 is 22.7 Å². The number of fused-ring (bicyclic) bond motifs is 1. The van der Waals surface area contributed by atoms with Crippen molar-refractivity contribution in [2.75, 3.05) is 26.2 Å². The number of aryl methyl sites for hydroxylation is 1. The van der Waals surface area contributed by atoms with Gasteiger partial charge in [0.05, 0.1) is 11.9 Å². The zero-order valence-corrected chi connectivity index (χ0v) is 21.2. The Morgan fingerprint density at radius 2 is 2.00 bits per heavy atom. The lowest BCUT2D eigenvalue weighted by molar-refractivity contribution is -0.104. The van der Waals surface area contributed by atoms with Gasteiger partial charge in [0, 0.05) is 44.8 Å². The Hall–Kier alpha value is -2.79. The van der Waals surface area contributed by atoms with E-state index in [4.69, 9.17) is 4.74 Å². The molecule has 8 nitrogen and oxygen atoms in total. The van der Waals surface area contributed by atoms with Crippen molar-refractivity contribution >= 4 is 10.0 Å². The Bertz CT molecular complexity index is 1340. The lowest BCUT2D eigenvalue weighted by atomic mass is 9.86. The molecule has 3 aromatic rings. The molecule has 1 fully saturated rings. The lowest BCUT2D eigenvalue weighted by Gasteiger charge is -2.49. The summed E-state index contributed by atoms with van der Waals surface area (Å²) in [6, 6.07) is 13.7. The number of hydrogen-bond donors (Lipinski definition) is 2. The van der Waals surface area contributed by atoms with Gasteiger partial charge in [-0.25, -0.2) is 22.5 Å². The monoisotopic (exact) mass is 514 g/mol. The molecular weight excluding hydrogens is 483 g/mol. The molecule has 0 saturated carbocycles. The van der Waals surface area contributed by atoms with Gasteiger partial charge in [-0.1, -0.05) is 30.3 Å². The third-order valence-electron chi connectivity index (χ3n) is 6.95. The number of hydrogen-bond acceptors (Lipinski definition) is 6. The Labute approximate surface area is 210 Å². The first-order chi connectivity index (χ1) is 17.1. The SMILES string of the molecule is Cn1cnc(S(=O)(=O)NCCOc2cc3c(cc2F)C[C@@H](N2CC(C)(O)C2)[C@H]3Cc2ccccc2)c1. The molecule has 2 aromatic carbocycles. The second-order valence-corrected chi connectivity index (χ2v) is 11.8. The Morgan fingerprint density at radius 1 is 1.25 bits per heavy atom. The van der Waals surface area contributed by atoms with Gasteiger partial charge >= 0.3 is 0 Å². The second kappa shape index (κ2) is 9.59. The van der Waals surface area contributed by atoms with Crippen LogP contribution in [0.3, 0.4) is 0 Å². The summed E-state index contributed by atoms with van der Waals surface area (Å²) >= 11 is 0. The van der Waals surface area contributed by atoms with Gasteiger partial charge in [-0.05, 0) is 48.6 Å². The maximum atomic E-state index is 14.9. The molecule has 192 valence electrons. The highest BCUT2D eigenvalue weighted by Crippen LogP contribution is 2.43. The van der Waals surface area contributed by atoms with E-state index in [2.05, 4.69) is 26.7 Å². The fraction of sp³-hybridized carbons (Fsp3) is 0.423. The molecule has 2 aliphatic rings. The molecule has 36 heavy (non-hydrogen) atoms. The van der Waals surface area contributed by atoms with Gasteiger partial charge in [0.1, 0.15) is 6.61 Å². The summed E-state index contributed by atoms with van der Waals surface area (Å²) in [6.07, 6.45) is 4.32. The standard InChI is InChI=1S/C26H31FN4O4S/c1-26(32)15-31(16-26)23-12-19-11-22(27)24(13-20(19)21(23)10-18-6-4-3-5-7-18)35-9-8-29-36(33,34)25-14-30(2)17-28-25/h3-7,11,13-14,17,21,23,29,32H,8-10,12,15-16H2,1-2H3/t21-,23+/m0/s1. The van der Waals surface area contributed by atoms with E-state index in [1.807, 2.05) is 25.1 Å². The van der Waals surface area contributed by atoms with E-state index in [1.54, 1.807) is 23.7 Å². The number of nitrogens with one attached hydrogen (secondary N) is 1. The molecular formula is C26H31FN4O4S. The minimum absolute atomic E-state index is 0.0195. The summed E-state index contributed by atoms with van der Waals surface area (Å²) < 4.78 is 49.3. The largest absolute Gasteiger partial charge is 0.489 e. The van der Waals surface area contributed by atoms with Crippen LogP contribution in [0.5, 0.6) is 5.75 Å². The molecule has 10 heteroatoms. The third-order valence-corrected chi connectivity index (χ3v) is 8.30. The van der Waals surface area contributed by atoms with Crippen molar-refractivity contribution in [2.24, 2.45) is 7.05 Å². The summed E-state index contributed by atoms with van der Waals surface area (Å²) in [5.41, 5.74) is 2.51. The van der Waals surface area contributed by atoms with Crippen molar-refractivity contribution in [1.29, 1.82) is 0 Å². The van der Waals surface area contributed by atoms with Crippen LogP contribution in [0.2, 0.25) is 0 Å². The maximum absolute atomic E-state index is 14.9. The molecule has 1 aliphatic heterocycles. The van der Waals surface area contributed by atoms with Gasteiger partial charge in [-0.15, -0.1) is 0 Å². The quantitative estimate of drug-likeness (QED) is 0.425. The van der Waals surface area contributed by atoms with Crippen molar-refractivity contribution in [1.82, 2.24) is 19.2 Å². The fourth-order valence-corrected chi connectivity index (χ4v) is 6.31. The summed E-state index contributed by atoms with van der Waals surface area (Å²) in [4.78, 5) is 6.13. The van der Waals surface area contributed by atoms with Crippen molar-refractivity contribution in [3.63, 3.8) is 0 Å². The van der Waals surface area contributed by atoms with E-state index in [9.17, 15) is 17.9 Å². The van der Waals surface area contributed by atoms with E-state index in [0.29, 0.717) is 19.5 Å². The van der Waals surface area contributed by atoms with Crippen LogP contribution in [0.1, 0.15) is 29.5 Å². The van der Waals surface area contributed by atoms with E-state index in [0.717, 1.165) is 17.5 Å². The first-order valence-corrected chi connectivity index (χ1v) is 13.5. The minimum Gasteiger partial charge on any atom is -0.489 e. The number of rotatable bonds is 9. The molecule has 2 atom stereocenters. The predicted molar refractivity (Wildman–Crippen MR) is 133 cm³/mol. The zero-order chi connectivity index (χ0) is 25.5. The Kier molecular flexibility index (Phi) is 6.63. The van der Waals surface area contributed by atoms with Crippen LogP contribution in [0.15, 0.2) is 60.0 Å². The summed E-state index contributed by atoms with van der Waals surface area (Å²) in [5, 5.41) is 10.2. The van der Waals surface area contributed by atoms with Crippen LogP contribution in [-0.2, 0) is 29.9 Å². The number of β-amino-alcohol motifs (C(OH)–C–C–N with tert-alkyl or cyclic N) is 1. The number of sulfonamides is 1. The molecule has 0 unspecified atom stereocenters. The highest BCUT2D eigenvalue weighted by Gasteiger charge is 2.46. The van der Waals surface area contributed by atoms with Crippen LogP contribution in [0.25, 0.3) is 0 Å². The minimum atomic E-state index is -3.76. The fourth-order valence-electron chi connectivity index (χ4n) is 5.32. The van der Waals surface area contributed by atoms with Crippen molar-refractivity contribution in [2.45, 2.75) is 42.4 Å². The van der Waals surface area contributed by atoms with Crippen molar-refractivity contribution in [3.05, 3.63) is 77.5 Å². The smallest absolute Gasteiger partial charge is 0.259 e. The van der Waals surface area contributed by atoms with Crippen LogP contribution < -0.4 is 9.46 Å². The Morgan fingerprint density at radius 3 is 2.67 bits per heavy atom. The first-order valence-electron chi connectivity index (χ1n) is 12.0. The molecule has 0 spiro atoms. The Balaban J connectivity index is 1.30.